The van der Waals surface area contributed by atoms with Crippen LogP contribution in [0.25, 0.3) is 0 Å². The molecule has 0 saturated heterocycles. The Labute approximate surface area is 178 Å². The Kier molecular flexibility index (Phi) is 7.50. The number of amides is 1. The normalized spacial score (nSPS) is 21.6. The first-order valence-corrected chi connectivity index (χ1v) is 10.7. The number of carbonyl (C=O) groups is 1. The lowest BCUT2D eigenvalue weighted by atomic mass is 9.97. The molecule has 8 nitrogen and oxygen atoms in total. The number of hydrogen-bond donors (Lipinski definition) is 2. The summed E-state index contributed by atoms with van der Waals surface area (Å²) in [6.45, 7) is 4.39. The van der Waals surface area contributed by atoms with Gasteiger partial charge in [0.1, 0.15) is 22.4 Å². The second kappa shape index (κ2) is 9.29. The molecule has 2 rings (SSSR count). The van der Waals surface area contributed by atoms with Crippen molar-refractivity contribution in [3.63, 3.8) is 0 Å². The molecule has 1 amide bonds. The number of rotatable bonds is 8. The maximum absolute atomic E-state index is 14.8. The van der Waals surface area contributed by atoms with E-state index >= 15 is 0 Å². The highest BCUT2D eigenvalue weighted by Crippen LogP contribution is 2.36. The van der Waals surface area contributed by atoms with Crippen LogP contribution in [0, 0.1) is 11.8 Å². The van der Waals surface area contributed by atoms with Crippen LogP contribution in [0.2, 0.25) is 5.02 Å². The number of nitrogens with zero attached hydrogens (tertiary/aromatic N) is 1. The molecule has 1 aliphatic carbocycles. The van der Waals surface area contributed by atoms with E-state index in [1.165, 1.54) is 18.3 Å². The van der Waals surface area contributed by atoms with E-state index in [0.717, 1.165) is 19.2 Å². The zero-order chi connectivity index (χ0) is 21.8. The standard InChI is InChI=1S/C17H20Cl2FN3O5S/c1-10(2)9-27-16-14(18)6-12(8-22-16)28-11-4-5-13(17(19,20)7-11)15(24)23-29(25,26)21-3/h4-8,10,13,21H,9H2,1-3H3,(H,23,24). The summed E-state index contributed by atoms with van der Waals surface area (Å²) in [6.07, 6.45) is 4.57. The smallest absolute Gasteiger partial charge is 0.301 e. The monoisotopic (exact) mass is 467 g/mol. The zero-order valence-electron chi connectivity index (χ0n) is 15.8. The van der Waals surface area contributed by atoms with Crippen LogP contribution in [0.5, 0.6) is 11.6 Å². The van der Waals surface area contributed by atoms with Gasteiger partial charge in [0.05, 0.1) is 12.8 Å². The SMILES string of the molecule is CNS(=O)(=O)NC(=O)C1C=CC(Oc2cnc(OCC(C)C)c(Cl)c2)=CC1(F)Cl. The molecule has 160 valence electrons. The molecular formula is C17H20Cl2FN3O5S. The Balaban J connectivity index is 2.10. The molecule has 1 heterocycles. The molecule has 2 atom stereocenters. The van der Waals surface area contributed by atoms with Crippen LogP contribution in [0.1, 0.15) is 13.8 Å². The minimum Gasteiger partial charge on any atom is -0.476 e. The van der Waals surface area contributed by atoms with Crippen molar-refractivity contribution in [3.8, 4) is 11.6 Å². The van der Waals surface area contributed by atoms with Crippen LogP contribution in [0.3, 0.4) is 0 Å². The van der Waals surface area contributed by atoms with E-state index in [1.807, 2.05) is 18.6 Å². The summed E-state index contributed by atoms with van der Waals surface area (Å²) >= 11 is 11.9. The van der Waals surface area contributed by atoms with Crippen molar-refractivity contribution in [3.05, 3.63) is 41.3 Å². The van der Waals surface area contributed by atoms with Gasteiger partial charge in [-0.15, -0.1) is 0 Å². The highest BCUT2D eigenvalue weighted by Gasteiger charge is 2.42. The highest BCUT2D eigenvalue weighted by atomic mass is 35.5. The van der Waals surface area contributed by atoms with Gasteiger partial charge in [-0.3, -0.25) is 4.79 Å². The molecule has 0 saturated carbocycles. The zero-order valence-corrected chi connectivity index (χ0v) is 18.1. The molecule has 0 fully saturated rings. The summed E-state index contributed by atoms with van der Waals surface area (Å²) in [6, 6.07) is 1.44. The first-order chi connectivity index (χ1) is 13.4. The summed E-state index contributed by atoms with van der Waals surface area (Å²) in [5, 5.41) is -2.51. The van der Waals surface area contributed by atoms with Gasteiger partial charge in [0.15, 0.2) is 0 Å². The van der Waals surface area contributed by atoms with Gasteiger partial charge < -0.3 is 9.47 Å². The van der Waals surface area contributed by atoms with Crippen LogP contribution >= 0.6 is 23.2 Å². The molecule has 2 N–H and O–H groups in total. The number of nitrogens with one attached hydrogen (secondary N) is 2. The van der Waals surface area contributed by atoms with Crippen molar-refractivity contribution in [1.82, 2.24) is 14.4 Å². The predicted molar refractivity (Wildman–Crippen MR) is 107 cm³/mol. The number of aromatic nitrogens is 1. The van der Waals surface area contributed by atoms with E-state index in [1.54, 1.807) is 4.72 Å². The van der Waals surface area contributed by atoms with E-state index in [2.05, 4.69) is 4.98 Å². The maximum atomic E-state index is 14.8. The molecule has 0 bridgehead atoms. The number of halogens is 3. The molecule has 0 aliphatic heterocycles. The average Bonchev–Trinajstić information content (AvgIpc) is 2.59. The Morgan fingerprint density at radius 1 is 1.45 bits per heavy atom. The summed E-state index contributed by atoms with van der Waals surface area (Å²) in [5.74, 6) is -2.03. The van der Waals surface area contributed by atoms with Gasteiger partial charge in [-0.2, -0.15) is 8.42 Å². The lowest BCUT2D eigenvalue weighted by Crippen LogP contribution is -2.46. The maximum Gasteiger partial charge on any atom is 0.301 e. The number of carbonyl (C=O) groups excluding carboxylic acids is 1. The van der Waals surface area contributed by atoms with Crippen molar-refractivity contribution >= 4 is 39.3 Å². The van der Waals surface area contributed by atoms with E-state index in [0.29, 0.717) is 6.61 Å². The molecular weight excluding hydrogens is 448 g/mol. The van der Waals surface area contributed by atoms with Gasteiger partial charge in [-0.05, 0) is 12.0 Å². The second-order valence-corrected chi connectivity index (χ2v) is 9.10. The van der Waals surface area contributed by atoms with E-state index in [-0.39, 0.29) is 28.3 Å². The third-order valence-corrected chi connectivity index (χ3v) is 5.18. The van der Waals surface area contributed by atoms with Crippen LogP contribution in [0.4, 0.5) is 4.39 Å². The molecule has 1 aromatic heterocycles. The van der Waals surface area contributed by atoms with Gasteiger partial charge in [0.2, 0.25) is 16.9 Å². The summed E-state index contributed by atoms with van der Waals surface area (Å²) < 4.78 is 52.1. The van der Waals surface area contributed by atoms with E-state index in [4.69, 9.17) is 32.7 Å². The van der Waals surface area contributed by atoms with Gasteiger partial charge in [-0.25, -0.2) is 18.8 Å². The Hall–Kier alpha value is -1.88. The number of hydrogen-bond acceptors (Lipinski definition) is 6. The average molecular weight is 468 g/mol. The minimum atomic E-state index is -4.09. The summed E-state index contributed by atoms with van der Waals surface area (Å²) in [5.41, 5.74) is 0. The number of alkyl halides is 2. The quantitative estimate of drug-likeness (QED) is 0.569. The first kappa shape index (κ1) is 23.4. The second-order valence-electron chi connectivity index (χ2n) is 6.50. The topological polar surface area (TPSA) is 107 Å². The third kappa shape index (κ3) is 6.56. The molecule has 0 spiro atoms. The molecule has 29 heavy (non-hydrogen) atoms. The van der Waals surface area contributed by atoms with Crippen LogP contribution in [0.15, 0.2) is 36.3 Å². The fraction of sp³-hybridized carbons (Fsp3) is 0.412. The van der Waals surface area contributed by atoms with Crippen LogP contribution < -0.4 is 18.9 Å². The molecule has 12 heteroatoms. The third-order valence-electron chi connectivity index (χ3n) is 3.56. The lowest BCUT2D eigenvalue weighted by Gasteiger charge is -2.26. The lowest BCUT2D eigenvalue weighted by molar-refractivity contribution is -0.123. The number of ether oxygens (including phenoxy) is 2. The summed E-state index contributed by atoms with van der Waals surface area (Å²) in [7, 11) is -3.00. The van der Waals surface area contributed by atoms with Gasteiger partial charge in [-0.1, -0.05) is 43.1 Å². The first-order valence-electron chi connectivity index (χ1n) is 8.43. The minimum absolute atomic E-state index is 0.0169. The molecule has 1 aromatic rings. The largest absolute Gasteiger partial charge is 0.476 e. The number of pyridine rings is 1. The highest BCUT2D eigenvalue weighted by molar-refractivity contribution is 7.88. The van der Waals surface area contributed by atoms with E-state index in [9.17, 15) is 17.6 Å². The van der Waals surface area contributed by atoms with Crippen molar-refractivity contribution in [2.45, 2.75) is 19.0 Å². The van der Waals surface area contributed by atoms with Gasteiger partial charge in [0, 0.05) is 19.2 Å². The molecule has 0 aromatic carbocycles. The Bertz CT molecular complexity index is 935. The molecule has 0 radical (unpaired) electrons. The molecule has 1 aliphatic rings. The molecule has 2 unspecified atom stereocenters. The van der Waals surface area contributed by atoms with E-state index < -0.39 is 27.2 Å². The van der Waals surface area contributed by atoms with Gasteiger partial charge in [0.25, 0.3) is 0 Å². The fourth-order valence-corrected chi connectivity index (χ4v) is 3.16. The van der Waals surface area contributed by atoms with Crippen molar-refractivity contribution < 1.29 is 27.1 Å². The summed E-state index contributed by atoms with van der Waals surface area (Å²) in [4.78, 5) is 16.1. The van der Waals surface area contributed by atoms with Crippen molar-refractivity contribution in [2.24, 2.45) is 11.8 Å². The Morgan fingerprint density at radius 3 is 2.69 bits per heavy atom. The predicted octanol–water partition coefficient (Wildman–Crippen LogP) is 2.70. The number of allylic oxidation sites excluding steroid dienone is 2. The van der Waals surface area contributed by atoms with Crippen molar-refractivity contribution in [2.75, 3.05) is 13.7 Å². The van der Waals surface area contributed by atoms with Gasteiger partial charge >= 0.3 is 10.2 Å². The van der Waals surface area contributed by atoms with Crippen molar-refractivity contribution in [1.29, 1.82) is 0 Å². The Morgan fingerprint density at radius 2 is 2.14 bits per heavy atom. The fourth-order valence-electron chi connectivity index (χ4n) is 2.17. The van der Waals surface area contributed by atoms with Crippen LogP contribution in [-0.4, -0.2) is 38.1 Å². The van der Waals surface area contributed by atoms with Crippen LogP contribution in [-0.2, 0) is 15.0 Å².